The van der Waals surface area contributed by atoms with E-state index >= 15 is 0 Å². The molecule has 1 spiro atoms. The number of rotatable bonds is 2. The zero-order valence-corrected chi connectivity index (χ0v) is 12.4. The van der Waals surface area contributed by atoms with Crippen LogP contribution in [0.5, 0.6) is 0 Å². The van der Waals surface area contributed by atoms with Crippen LogP contribution in [0.3, 0.4) is 0 Å². The summed E-state index contributed by atoms with van der Waals surface area (Å²) in [5.41, 5.74) is 1.08. The first-order chi connectivity index (χ1) is 9.63. The molecule has 0 aromatic heterocycles. The number of anilines is 1. The highest BCUT2D eigenvalue weighted by atomic mass is 35.5. The molecule has 0 bridgehead atoms. The van der Waals surface area contributed by atoms with E-state index in [9.17, 15) is 8.78 Å². The molecule has 0 N–H and O–H groups in total. The number of hydrogen-bond acceptors (Lipinski definition) is 1. The van der Waals surface area contributed by atoms with Crippen molar-refractivity contribution in [3.8, 4) is 0 Å². The molecular weight excluding hydrogens is 280 g/mol. The van der Waals surface area contributed by atoms with Crippen molar-refractivity contribution >= 4 is 17.3 Å². The van der Waals surface area contributed by atoms with Crippen LogP contribution in [0.15, 0.2) is 12.1 Å². The second kappa shape index (κ2) is 5.51. The molecule has 20 heavy (non-hydrogen) atoms. The van der Waals surface area contributed by atoms with Crippen molar-refractivity contribution in [2.45, 2.75) is 44.4 Å². The van der Waals surface area contributed by atoms with Crippen molar-refractivity contribution in [1.82, 2.24) is 0 Å². The molecule has 1 aliphatic heterocycles. The molecule has 3 rings (SSSR count). The molecule has 1 nitrogen and oxygen atoms in total. The van der Waals surface area contributed by atoms with Gasteiger partial charge in [0, 0.05) is 19.0 Å². The van der Waals surface area contributed by atoms with E-state index in [2.05, 4.69) is 0 Å². The van der Waals surface area contributed by atoms with E-state index < -0.39 is 11.6 Å². The summed E-state index contributed by atoms with van der Waals surface area (Å²) in [7, 11) is 0. The molecule has 0 unspecified atom stereocenters. The van der Waals surface area contributed by atoms with Gasteiger partial charge in [0.1, 0.15) is 17.3 Å². The van der Waals surface area contributed by atoms with E-state index in [1.807, 2.05) is 4.90 Å². The van der Waals surface area contributed by atoms with E-state index in [4.69, 9.17) is 11.6 Å². The lowest BCUT2D eigenvalue weighted by molar-refractivity contribution is 0.225. The minimum Gasteiger partial charge on any atom is -0.367 e. The van der Waals surface area contributed by atoms with Crippen molar-refractivity contribution < 1.29 is 8.78 Å². The molecule has 110 valence electrons. The summed E-state index contributed by atoms with van der Waals surface area (Å²) in [6.07, 6.45) is 7.32. The van der Waals surface area contributed by atoms with Crippen molar-refractivity contribution in [3.63, 3.8) is 0 Å². The minimum absolute atomic E-state index is 0.131. The van der Waals surface area contributed by atoms with Crippen LogP contribution in [0.25, 0.3) is 0 Å². The molecule has 0 amide bonds. The third-order valence-corrected chi connectivity index (χ3v) is 5.34. The van der Waals surface area contributed by atoms with Gasteiger partial charge >= 0.3 is 0 Å². The maximum Gasteiger partial charge on any atom is 0.149 e. The van der Waals surface area contributed by atoms with Crippen molar-refractivity contribution in [3.05, 3.63) is 29.3 Å². The quantitative estimate of drug-likeness (QED) is 0.705. The number of nitrogens with zero attached hydrogens (tertiary/aromatic N) is 1. The Morgan fingerprint density at radius 2 is 1.55 bits per heavy atom. The number of halogens is 3. The molecule has 1 heterocycles. The predicted octanol–water partition coefficient (Wildman–Crippen LogP) is 4.86. The van der Waals surface area contributed by atoms with Crippen LogP contribution in [0, 0.1) is 17.0 Å². The van der Waals surface area contributed by atoms with Crippen LogP contribution in [-0.2, 0) is 5.88 Å². The summed E-state index contributed by atoms with van der Waals surface area (Å²) >= 11 is 5.64. The van der Waals surface area contributed by atoms with Crippen LogP contribution in [0.2, 0.25) is 0 Å². The van der Waals surface area contributed by atoms with Gasteiger partial charge in [-0.05, 0) is 48.8 Å². The zero-order valence-electron chi connectivity index (χ0n) is 11.6. The Kier molecular flexibility index (Phi) is 3.89. The van der Waals surface area contributed by atoms with E-state index in [1.54, 1.807) is 0 Å². The Morgan fingerprint density at radius 1 is 1.00 bits per heavy atom. The van der Waals surface area contributed by atoms with Gasteiger partial charge in [0.2, 0.25) is 0 Å². The molecule has 1 aliphatic carbocycles. The third-order valence-electron chi connectivity index (χ3n) is 5.04. The van der Waals surface area contributed by atoms with Crippen LogP contribution < -0.4 is 4.90 Å². The van der Waals surface area contributed by atoms with Gasteiger partial charge in [-0.2, -0.15) is 0 Å². The van der Waals surface area contributed by atoms with E-state index in [-0.39, 0.29) is 11.6 Å². The number of benzene rings is 1. The Labute approximate surface area is 123 Å². The number of alkyl halides is 1. The first-order valence-electron chi connectivity index (χ1n) is 7.42. The van der Waals surface area contributed by atoms with Gasteiger partial charge in [-0.15, -0.1) is 11.6 Å². The first kappa shape index (κ1) is 14.1. The van der Waals surface area contributed by atoms with Crippen LogP contribution >= 0.6 is 11.6 Å². The molecule has 1 saturated carbocycles. The Hall–Kier alpha value is -0.830. The normalized spacial score (nSPS) is 21.6. The second-order valence-corrected chi connectivity index (χ2v) is 6.50. The lowest BCUT2D eigenvalue weighted by atomic mass is 9.77. The maximum absolute atomic E-state index is 14.1. The summed E-state index contributed by atoms with van der Waals surface area (Å²) in [6, 6.07) is 2.71. The van der Waals surface area contributed by atoms with Crippen LogP contribution in [-0.4, -0.2) is 13.1 Å². The Balaban J connectivity index is 1.78. The minimum atomic E-state index is -0.483. The molecular formula is C16H20ClF2N. The van der Waals surface area contributed by atoms with Crippen molar-refractivity contribution in [1.29, 1.82) is 0 Å². The highest BCUT2D eigenvalue weighted by Gasteiger charge is 2.37. The van der Waals surface area contributed by atoms with Gasteiger partial charge in [-0.25, -0.2) is 8.78 Å². The second-order valence-electron chi connectivity index (χ2n) is 6.24. The van der Waals surface area contributed by atoms with Crippen LogP contribution in [0.1, 0.15) is 44.1 Å². The lowest BCUT2D eigenvalue weighted by Gasteiger charge is -2.40. The topological polar surface area (TPSA) is 3.24 Å². The fraction of sp³-hybridized carbons (Fsp3) is 0.625. The summed E-state index contributed by atoms with van der Waals surface area (Å²) in [5, 5.41) is 0. The van der Waals surface area contributed by atoms with Gasteiger partial charge < -0.3 is 4.90 Å². The van der Waals surface area contributed by atoms with E-state index in [1.165, 1.54) is 37.8 Å². The monoisotopic (exact) mass is 299 g/mol. The fourth-order valence-corrected chi connectivity index (χ4v) is 3.98. The lowest BCUT2D eigenvalue weighted by Crippen LogP contribution is -2.39. The van der Waals surface area contributed by atoms with E-state index in [0.29, 0.717) is 11.0 Å². The molecule has 4 heteroatoms. The summed E-state index contributed by atoms with van der Waals surface area (Å²) in [5.74, 6) is -0.830. The maximum atomic E-state index is 14.1. The predicted molar refractivity (Wildman–Crippen MR) is 78.3 cm³/mol. The summed E-state index contributed by atoms with van der Waals surface area (Å²) in [4.78, 5) is 1.87. The van der Waals surface area contributed by atoms with Crippen LogP contribution in [0.4, 0.5) is 14.5 Å². The highest BCUT2D eigenvalue weighted by Crippen LogP contribution is 2.47. The average molecular weight is 300 g/mol. The van der Waals surface area contributed by atoms with Gasteiger partial charge in [0.25, 0.3) is 0 Å². The molecule has 2 aliphatic rings. The third kappa shape index (κ3) is 2.52. The van der Waals surface area contributed by atoms with Gasteiger partial charge in [-0.3, -0.25) is 0 Å². The van der Waals surface area contributed by atoms with Gasteiger partial charge in [0.05, 0.1) is 0 Å². The van der Waals surface area contributed by atoms with Crippen molar-refractivity contribution in [2.75, 3.05) is 18.0 Å². The fourth-order valence-electron chi connectivity index (χ4n) is 3.83. The smallest absolute Gasteiger partial charge is 0.149 e. The summed E-state index contributed by atoms with van der Waals surface area (Å²) in [6.45, 7) is 1.52. The number of piperidine rings is 1. The molecule has 0 atom stereocenters. The summed E-state index contributed by atoms with van der Waals surface area (Å²) < 4.78 is 28.2. The Bertz CT molecular complexity index is 464. The standard InChI is InChI=1S/C16H20ClF2N/c17-11-12-9-13(18)15(14(19)10-12)20-7-5-16(6-8-20)3-1-2-4-16/h9-10H,1-8,11H2. The van der Waals surface area contributed by atoms with Gasteiger partial charge in [-0.1, -0.05) is 12.8 Å². The molecule has 1 saturated heterocycles. The SMILES string of the molecule is Fc1cc(CCl)cc(F)c1N1CCC2(CCCC2)CC1. The Morgan fingerprint density at radius 3 is 2.05 bits per heavy atom. The largest absolute Gasteiger partial charge is 0.367 e. The van der Waals surface area contributed by atoms with Gasteiger partial charge in [0.15, 0.2) is 0 Å². The molecule has 2 fully saturated rings. The zero-order chi connectivity index (χ0) is 14.2. The molecule has 0 radical (unpaired) electrons. The van der Waals surface area contributed by atoms with E-state index in [0.717, 1.165) is 25.9 Å². The number of hydrogen-bond donors (Lipinski definition) is 0. The average Bonchev–Trinajstić information content (AvgIpc) is 2.88. The van der Waals surface area contributed by atoms with Crippen molar-refractivity contribution in [2.24, 2.45) is 5.41 Å². The molecule has 1 aromatic carbocycles. The first-order valence-corrected chi connectivity index (χ1v) is 7.96. The molecule has 1 aromatic rings. The highest BCUT2D eigenvalue weighted by molar-refractivity contribution is 6.17.